The molecule has 0 bridgehead atoms. The fraction of sp³-hybridized carbons (Fsp3) is 0.474. The summed E-state index contributed by atoms with van der Waals surface area (Å²) >= 11 is 0. The predicted octanol–water partition coefficient (Wildman–Crippen LogP) is 2.46. The van der Waals surface area contributed by atoms with Crippen LogP contribution in [-0.2, 0) is 25.6 Å². The molecule has 0 radical (unpaired) electrons. The highest BCUT2D eigenvalue weighted by Crippen LogP contribution is 2.54. The van der Waals surface area contributed by atoms with E-state index in [1.807, 2.05) is 26.8 Å². The highest BCUT2D eigenvalue weighted by atomic mass is 16.8. The summed E-state index contributed by atoms with van der Waals surface area (Å²) in [6.45, 7) is 5.87. The van der Waals surface area contributed by atoms with E-state index in [-0.39, 0.29) is 24.3 Å². The maximum atomic E-state index is 12.4. The van der Waals surface area contributed by atoms with Crippen molar-refractivity contribution in [3.8, 4) is 0 Å². The van der Waals surface area contributed by atoms with Gasteiger partial charge in [0.25, 0.3) is 0 Å². The molecule has 0 amide bonds. The van der Waals surface area contributed by atoms with E-state index in [1.54, 1.807) is 6.07 Å². The van der Waals surface area contributed by atoms with E-state index >= 15 is 0 Å². The van der Waals surface area contributed by atoms with Crippen LogP contribution in [0.4, 0.5) is 0 Å². The Morgan fingerprint density at radius 3 is 2.60 bits per heavy atom. The number of hydrogen-bond acceptors (Lipinski definition) is 6. The van der Waals surface area contributed by atoms with Gasteiger partial charge in [-0.2, -0.15) is 0 Å². The van der Waals surface area contributed by atoms with Crippen molar-refractivity contribution in [1.29, 1.82) is 0 Å². The molecule has 0 spiro atoms. The summed E-state index contributed by atoms with van der Waals surface area (Å²) in [7, 11) is 0. The molecular weight excluding hydrogens is 324 g/mol. The minimum Gasteiger partial charge on any atom is -0.365 e. The van der Waals surface area contributed by atoms with Crippen LogP contribution >= 0.6 is 0 Å². The summed E-state index contributed by atoms with van der Waals surface area (Å²) in [4.78, 5) is 24.5. The summed E-state index contributed by atoms with van der Waals surface area (Å²) in [5.41, 5.74) is 1.72. The topological polar surface area (TPSA) is 71.1 Å². The molecule has 5 rings (SSSR count). The molecule has 2 saturated heterocycles. The Kier molecular flexibility index (Phi) is 2.86. The van der Waals surface area contributed by atoms with Crippen LogP contribution in [0.3, 0.4) is 0 Å². The van der Waals surface area contributed by atoms with Gasteiger partial charge in [0.2, 0.25) is 0 Å². The van der Waals surface area contributed by atoms with Crippen LogP contribution in [0.25, 0.3) is 0 Å². The summed E-state index contributed by atoms with van der Waals surface area (Å²) in [5.74, 6) is -1.07. The van der Waals surface area contributed by atoms with Gasteiger partial charge in [0.05, 0.1) is 6.61 Å². The van der Waals surface area contributed by atoms with Crippen LogP contribution < -0.4 is 0 Å². The highest BCUT2D eigenvalue weighted by Gasteiger charge is 2.64. The zero-order chi connectivity index (χ0) is 17.6. The standard InChI is InChI=1S/C19H18O6/c1-18(2)24-16-17(25-18)23-15-9-4-5-10-12(20)6-7-13(21)14(10)11(9)8-22-19(15,16)3/h4-7,15-17H,8H2,1-3H3/t15-,16+,17-,19-/m1/s1. The van der Waals surface area contributed by atoms with Crippen LogP contribution in [0, 0.1) is 0 Å². The third-order valence-electron chi connectivity index (χ3n) is 5.47. The van der Waals surface area contributed by atoms with Crippen LogP contribution in [0.2, 0.25) is 0 Å². The molecule has 0 unspecified atom stereocenters. The number of benzene rings is 1. The number of fused-ring (bicyclic) bond motifs is 7. The zero-order valence-electron chi connectivity index (χ0n) is 14.2. The van der Waals surface area contributed by atoms with Crippen molar-refractivity contribution in [2.45, 2.75) is 57.3 Å². The highest BCUT2D eigenvalue weighted by molar-refractivity contribution is 6.22. The van der Waals surface area contributed by atoms with Gasteiger partial charge in [0, 0.05) is 11.1 Å². The van der Waals surface area contributed by atoms with Gasteiger partial charge in [-0.25, -0.2) is 0 Å². The molecule has 1 aromatic carbocycles. The van der Waals surface area contributed by atoms with E-state index in [4.69, 9.17) is 18.9 Å². The van der Waals surface area contributed by atoms with Crippen molar-refractivity contribution in [3.05, 3.63) is 46.5 Å². The molecule has 1 aromatic rings. The van der Waals surface area contributed by atoms with Gasteiger partial charge in [-0.15, -0.1) is 0 Å². The fourth-order valence-electron chi connectivity index (χ4n) is 4.28. The molecule has 4 aliphatic rings. The smallest absolute Gasteiger partial charge is 0.190 e. The first kappa shape index (κ1) is 15.4. The molecule has 130 valence electrons. The zero-order valence-corrected chi connectivity index (χ0v) is 14.2. The van der Waals surface area contributed by atoms with Gasteiger partial charge in [-0.05, 0) is 50.1 Å². The molecule has 3 aliphatic heterocycles. The molecule has 0 N–H and O–H groups in total. The van der Waals surface area contributed by atoms with Gasteiger partial charge < -0.3 is 18.9 Å². The summed E-state index contributed by atoms with van der Waals surface area (Å²) in [6.07, 6.45) is 1.34. The monoisotopic (exact) mass is 342 g/mol. The van der Waals surface area contributed by atoms with Crippen LogP contribution in [0.1, 0.15) is 58.7 Å². The number of hydrogen-bond donors (Lipinski definition) is 0. The average molecular weight is 342 g/mol. The third-order valence-corrected chi connectivity index (χ3v) is 5.47. The lowest BCUT2D eigenvalue weighted by Gasteiger charge is -2.40. The lowest BCUT2D eigenvalue weighted by Crippen LogP contribution is -2.47. The second kappa shape index (κ2) is 4.65. The van der Waals surface area contributed by atoms with Crippen LogP contribution in [0.15, 0.2) is 24.3 Å². The minimum absolute atomic E-state index is 0.164. The molecule has 25 heavy (non-hydrogen) atoms. The van der Waals surface area contributed by atoms with Gasteiger partial charge >= 0.3 is 0 Å². The van der Waals surface area contributed by atoms with Crippen molar-refractivity contribution in [3.63, 3.8) is 0 Å². The van der Waals surface area contributed by atoms with Gasteiger partial charge in [-0.1, -0.05) is 6.07 Å². The second-order valence-corrected chi connectivity index (χ2v) is 7.53. The normalized spacial score (nSPS) is 37.5. The Bertz CT molecular complexity index is 854. The van der Waals surface area contributed by atoms with Crippen molar-refractivity contribution in [2.75, 3.05) is 0 Å². The second-order valence-electron chi connectivity index (χ2n) is 7.53. The van der Waals surface area contributed by atoms with Crippen molar-refractivity contribution >= 4 is 11.6 Å². The van der Waals surface area contributed by atoms with E-state index in [0.29, 0.717) is 11.1 Å². The van der Waals surface area contributed by atoms with E-state index in [9.17, 15) is 9.59 Å². The SMILES string of the molecule is CC1(C)O[C@H]2O[C@@H]3c4ccc5c(c4CO[C@@]3(C)[C@H]2O1)C(=O)C=CC5=O. The van der Waals surface area contributed by atoms with Gasteiger partial charge in [0.1, 0.15) is 17.8 Å². The molecule has 6 nitrogen and oxygen atoms in total. The molecule has 6 heteroatoms. The largest absolute Gasteiger partial charge is 0.365 e. The first-order valence-electron chi connectivity index (χ1n) is 8.38. The molecule has 3 heterocycles. The number of carbonyl (C=O) groups is 2. The third kappa shape index (κ3) is 1.93. The van der Waals surface area contributed by atoms with Crippen LogP contribution in [0.5, 0.6) is 0 Å². The first-order valence-corrected chi connectivity index (χ1v) is 8.38. The number of allylic oxidation sites excluding steroid dienone is 2. The quantitative estimate of drug-likeness (QED) is 0.721. The first-order chi connectivity index (χ1) is 11.8. The Hall–Kier alpha value is -1.86. The Balaban J connectivity index is 1.62. The summed E-state index contributed by atoms with van der Waals surface area (Å²) in [6, 6.07) is 3.56. The summed E-state index contributed by atoms with van der Waals surface area (Å²) in [5, 5.41) is 0. The number of ether oxygens (including phenoxy) is 4. The predicted molar refractivity (Wildman–Crippen MR) is 85.1 cm³/mol. The maximum Gasteiger partial charge on any atom is 0.190 e. The van der Waals surface area contributed by atoms with E-state index < -0.39 is 23.8 Å². The molecule has 2 fully saturated rings. The van der Waals surface area contributed by atoms with E-state index in [1.165, 1.54) is 12.2 Å². The summed E-state index contributed by atoms with van der Waals surface area (Å²) < 4.78 is 24.1. The van der Waals surface area contributed by atoms with Crippen LogP contribution in [-0.4, -0.2) is 35.3 Å². The van der Waals surface area contributed by atoms with Crippen molar-refractivity contribution < 1.29 is 28.5 Å². The molecule has 1 aliphatic carbocycles. The van der Waals surface area contributed by atoms with Gasteiger partial charge in [0.15, 0.2) is 23.6 Å². The van der Waals surface area contributed by atoms with E-state index in [0.717, 1.165) is 11.1 Å². The van der Waals surface area contributed by atoms with Crippen molar-refractivity contribution in [1.82, 2.24) is 0 Å². The van der Waals surface area contributed by atoms with Gasteiger partial charge in [-0.3, -0.25) is 9.59 Å². The molecule has 0 aromatic heterocycles. The number of carbonyl (C=O) groups excluding carboxylic acids is 2. The number of ketones is 2. The fourth-order valence-corrected chi connectivity index (χ4v) is 4.28. The Morgan fingerprint density at radius 1 is 1.04 bits per heavy atom. The molecule has 0 saturated carbocycles. The van der Waals surface area contributed by atoms with Crippen molar-refractivity contribution in [2.24, 2.45) is 0 Å². The maximum absolute atomic E-state index is 12.4. The molecule has 4 atom stereocenters. The molecular formula is C19H18O6. The Morgan fingerprint density at radius 2 is 1.80 bits per heavy atom. The minimum atomic E-state index is -0.726. The Labute approximate surface area is 144 Å². The lowest BCUT2D eigenvalue weighted by atomic mass is 9.80. The van der Waals surface area contributed by atoms with E-state index in [2.05, 4.69) is 0 Å². The average Bonchev–Trinajstić information content (AvgIpc) is 3.01. The lowest BCUT2D eigenvalue weighted by molar-refractivity contribution is -0.241. The number of rotatable bonds is 0.